The molecule has 0 aromatic rings. The van der Waals surface area contributed by atoms with Gasteiger partial charge in [-0.1, -0.05) is 6.42 Å². The SMILES string of the molecule is O=C(CCCCCC(=O)ON1C(=O)CCC1=O)NCCO[C@H]1O[C@H](CO[C@H]2O[C@H](CO)[C@@H](O)[C@H](O)[C@@H]2O)[C@@H](O)[C@H](O[C@H]2O[C@H](CO)[C@@H](O)[C@H](O)[C@@H]2O)[C@@H]1O. The van der Waals surface area contributed by atoms with Gasteiger partial charge in [-0.15, -0.1) is 5.06 Å². The predicted octanol–water partition coefficient (Wildman–Crippen LogP) is -6.87. The first-order valence-electron chi connectivity index (χ1n) is 17.5. The Morgan fingerprint density at radius 1 is 0.648 bits per heavy atom. The number of imide groups is 1. The maximum atomic E-state index is 12.3. The molecule has 0 aliphatic carbocycles. The van der Waals surface area contributed by atoms with Gasteiger partial charge in [0.25, 0.3) is 11.8 Å². The van der Waals surface area contributed by atoms with E-state index in [2.05, 4.69) is 5.32 Å². The second-order valence-electron chi connectivity index (χ2n) is 13.2. The van der Waals surface area contributed by atoms with Gasteiger partial charge in [0.15, 0.2) is 18.9 Å². The lowest BCUT2D eigenvalue weighted by atomic mass is 9.96. The molecule has 4 heterocycles. The zero-order valence-corrected chi connectivity index (χ0v) is 29.1. The highest BCUT2D eigenvalue weighted by Gasteiger charge is 2.52. The van der Waals surface area contributed by atoms with Gasteiger partial charge in [-0.25, -0.2) is 4.79 Å². The number of amides is 3. The lowest BCUT2D eigenvalue weighted by Gasteiger charge is -2.46. The summed E-state index contributed by atoms with van der Waals surface area (Å²) >= 11 is 0. The number of nitrogens with zero attached hydrogens (tertiary/aromatic N) is 1. The summed E-state index contributed by atoms with van der Waals surface area (Å²) in [5.41, 5.74) is 0. The van der Waals surface area contributed by atoms with Crippen LogP contribution in [0.15, 0.2) is 0 Å². The molecule has 4 aliphatic rings. The first-order chi connectivity index (χ1) is 25.7. The average molecular weight is 787 g/mol. The van der Waals surface area contributed by atoms with Crippen molar-refractivity contribution in [2.24, 2.45) is 0 Å². The quantitative estimate of drug-likeness (QED) is 0.0454. The third kappa shape index (κ3) is 11.1. The minimum atomic E-state index is -1.91. The Kier molecular flexibility index (Phi) is 16.8. The summed E-state index contributed by atoms with van der Waals surface area (Å²) in [6.07, 6.45) is -24.2. The highest BCUT2D eigenvalue weighted by atomic mass is 16.8. The van der Waals surface area contributed by atoms with Crippen molar-refractivity contribution >= 4 is 23.7 Å². The predicted molar refractivity (Wildman–Crippen MR) is 168 cm³/mol. The van der Waals surface area contributed by atoms with Crippen LogP contribution in [0.2, 0.25) is 0 Å². The van der Waals surface area contributed by atoms with E-state index < -0.39 is 130 Å². The standard InChI is InChI=1S/C31H50N2O21/c34-10-13-20(40)23(43)25(45)29(50-13)49-12-15-22(42)28(53-31-26(46)24(44)21(41)14(11-35)51-31)27(47)30(52-15)48-9-8-32-16(36)4-2-1-3-5-19(39)54-33-17(37)6-7-18(33)38/h13-15,20-31,34-35,40-47H,1-12H2,(H,32,36)/t13-,14-,15-,20-,21-,22-,23+,24+,25+,26+,27+,28+,29+,30+,31-/m1/s1. The molecular weight excluding hydrogens is 736 g/mol. The van der Waals surface area contributed by atoms with Gasteiger partial charge < -0.3 is 89.6 Å². The minimum Gasteiger partial charge on any atom is -0.394 e. The maximum absolute atomic E-state index is 12.3. The summed E-state index contributed by atoms with van der Waals surface area (Å²) < 4.78 is 33.1. The van der Waals surface area contributed by atoms with Crippen molar-refractivity contribution < 1.29 is 104 Å². The van der Waals surface area contributed by atoms with Gasteiger partial charge >= 0.3 is 5.97 Å². The number of hydroxylamine groups is 2. The molecule has 3 amide bonds. The molecule has 15 atom stereocenters. The summed E-state index contributed by atoms with van der Waals surface area (Å²) in [6, 6.07) is 0. The van der Waals surface area contributed by atoms with Gasteiger partial charge in [-0.05, 0) is 12.8 Å². The number of hydrogen-bond acceptors (Lipinski definition) is 21. The molecule has 4 aliphatic heterocycles. The van der Waals surface area contributed by atoms with Crippen molar-refractivity contribution in [3.8, 4) is 0 Å². The number of unbranched alkanes of at least 4 members (excludes halogenated alkanes) is 2. The van der Waals surface area contributed by atoms with E-state index in [1.165, 1.54) is 0 Å². The maximum Gasteiger partial charge on any atom is 0.333 e. The minimum absolute atomic E-state index is 0.0197. The molecule has 0 bridgehead atoms. The molecule has 0 aromatic heterocycles. The van der Waals surface area contributed by atoms with Gasteiger partial charge in [0, 0.05) is 32.2 Å². The van der Waals surface area contributed by atoms with E-state index in [1.807, 2.05) is 0 Å². The number of aliphatic hydroxyl groups is 10. The summed E-state index contributed by atoms with van der Waals surface area (Å²) in [4.78, 5) is 52.1. The van der Waals surface area contributed by atoms with E-state index in [1.54, 1.807) is 0 Å². The number of rotatable bonds is 18. The Hall–Kier alpha value is -2.56. The highest BCUT2D eigenvalue weighted by Crippen LogP contribution is 2.31. The van der Waals surface area contributed by atoms with E-state index in [0.717, 1.165) is 0 Å². The zero-order chi connectivity index (χ0) is 39.7. The van der Waals surface area contributed by atoms with Crippen LogP contribution >= 0.6 is 0 Å². The summed E-state index contributed by atoms with van der Waals surface area (Å²) in [7, 11) is 0. The monoisotopic (exact) mass is 786 g/mol. The normalized spacial score (nSPS) is 38.8. The fraction of sp³-hybridized carbons (Fsp3) is 0.871. The third-order valence-electron chi connectivity index (χ3n) is 9.24. The van der Waals surface area contributed by atoms with Crippen molar-refractivity contribution in [2.45, 2.75) is 137 Å². The zero-order valence-electron chi connectivity index (χ0n) is 29.1. The van der Waals surface area contributed by atoms with Crippen molar-refractivity contribution in [3.05, 3.63) is 0 Å². The van der Waals surface area contributed by atoms with Crippen molar-refractivity contribution in [3.63, 3.8) is 0 Å². The second kappa shape index (κ2) is 20.6. The van der Waals surface area contributed by atoms with Crippen LogP contribution in [0.25, 0.3) is 0 Å². The van der Waals surface area contributed by atoms with E-state index in [0.29, 0.717) is 24.3 Å². The molecule has 310 valence electrons. The van der Waals surface area contributed by atoms with Gasteiger partial charge in [0.2, 0.25) is 5.91 Å². The van der Waals surface area contributed by atoms with Crippen LogP contribution < -0.4 is 5.32 Å². The van der Waals surface area contributed by atoms with Crippen LogP contribution in [0.3, 0.4) is 0 Å². The first-order valence-corrected chi connectivity index (χ1v) is 17.5. The molecule has 4 fully saturated rings. The largest absolute Gasteiger partial charge is 0.394 e. The Morgan fingerprint density at radius 3 is 1.80 bits per heavy atom. The number of nitrogens with one attached hydrogen (secondary N) is 1. The Morgan fingerprint density at radius 2 is 1.19 bits per heavy atom. The number of carbonyl (C=O) groups excluding carboxylic acids is 4. The smallest absolute Gasteiger partial charge is 0.333 e. The molecule has 0 radical (unpaired) electrons. The molecule has 23 nitrogen and oxygen atoms in total. The van der Waals surface area contributed by atoms with Crippen molar-refractivity contribution in [1.82, 2.24) is 10.4 Å². The molecule has 0 aromatic carbocycles. The molecule has 4 saturated heterocycles. The Bertz CT molecular complexity index is 1230. The lowest BCUT2D eigenvalue weighted by Crippen LogP contribution is -2.65. The Labute approximate surface area is 307 Å². The summed E-state index contributed by atoms with van der Waals surface area (Å²) in [6.45, 7) is -2.55. The molecular formula is C31H50N2O21. The Balaban J connectivity index is 1.28. The first kappa shape index (κ1) is 44.2. The second-order valence-corrected chi connectivity index (χ2v) is 13.2. The van der Waals surface area contributed by atoms with Crippen molar-refractivity contribution in [2.75, 3.05) is 33.0 Å². The van der Waals surface area contributed by atoms with Crippen molar-refractivity contribution in [1.29, 1.82) is 0 Å². The summed E-state index contributed by atoms with van der Waals surface area (Å²) in [5.74, 6) is -2.30. The van der Waals surface area contributed by atoms with Gasteiger partial charge in [0.05, 0.1) is 26.4 Å². The number of ether oxygens (including phenoxy) is 6. The van der Waals surface area contributed by atoms with E-state index >= 15 is 0 Å². The van der Waals surface area contributed by atoms with Crippen LogP contribution in [-0.2, 0) is 52.4 Å². The van der Waals surface area contributed by atoms with Crippen LogP contribution in [0.5, 0.6) is 0 Å². The highest BCUT2D eigenvalue weighted by molar-refractivity contribution is 6.01. The van der Waals surface area contributed by atoms with E-state index in [-0.39, 0.29) is 44.7 Å². The summed E-state index contributed by atoms with van der Waals surface area (Å²) in [5, 5.41) is 106. The fourth-order valence-electron chi connectivity index (χ4n) is 6.06. The lowest BCUT2D eigenvalue weighted by molar-refractivity contribution is -0.366. The molecule has 54 heavy (non-hydrogen) atoms. The van der Waals surface area contributed by atoms with E-state index in [4.69, 9.17) is 33.3 Å². The van der Waals surface area contributed by atoms with Gasteiger partial charge in [-0.3, -0.25) is 14.4 Å². The van der Waals surface area contributed by atoms with Crippen LogP contribution in [0.4, 0.5) is 0 Å². The molecule has 4 rings (SSSR count). The number of hydrogen-bond donors (Lipinski definition) is 11. The van der Waals surface area contributed by atoms with Crippen LogP contribution in [0, 0.1) is 0 Å². The van der Waals surface area contributed by atoms with Crippen LogP contribution in [0.1, 0.15) is 44.9 Å². The average Bonchev–Trinajstić information content (AvgIpc) is 3.46. The molecule has 0 unspecified atom stereocenters. The van der Waals surface area contributed by atoms with Crippen LogP contribution in [-0.4, -0.2) is 205 Å². The number of aliphatic hydroxyl groups excluding tert-OH is 10. The third-order valence-corrected chi connectivity index (χ3v) is 9.24. The molecule has 0 saturated carbocycles. The van der Waals surface area contributed by atoms with Gasteiger partial charge in [0.1, 0.15) is 73.2 Å². The number of carbonyl (C=O) groups is 4. The molecule has 11 N–H and O–H groups in total. The van der Waals surface area contributed by atoms with Gasteiger partial charge in [-0.2, -0.15) is 0 Å². The fourth-order valence-corrected chi connectivity index (χ4v) is 6.06. The molecule has 23 heteroatoms. The molecule has 0 spiro atoms. The van der Waals surface area contributed by atoms with E-state index in [9.17, 15) is 70.2 Å². The topological polar surface area (TPSA) is 350 Å².